The normalized spacial score (nSPS) is 12.4. The Morgan fingerprint density at radius 1 is 0.648 bits per heavy atom. The zero-order valence-electron chi connectivity index (χ0n) is 31.1. The zero-order valence-corrected chi connectivity index (χ0v) is 31.1. The molecule has 4 rings (SSSR count). The lowest BCUT2D eigenvalue weighted by atomic mass is 10.1. The van der Waals surface area contributed by atoms with Crippen molar-refractivity contribution in [3.05, 3.63) is 136 Å². The van der Waals surface area contributed by atoms with Gasteiger partial charge >= 0.3 is 18.4 Å². The van der Waals surface area contributed by atoms with Crippen LogP contribution in [-0.2, 0) is 49.8 Å². The molecule has 292 valence electrons. The predicted molar refractivity (Wildman–Crippen MR) is 195 cm³/mol. The highest BCUT2D eigenvalue weighted by Crippen LogP contribution is 2.31. The number of carbonyl (C=O) groups is 1. The number of aliphatic hydroxyl groups excluding tert-OH is 1. The van der Waals surface area contributed by atoms with Crippen LogP contribution in [0.2, 0.25) is 0 Å². The van der Waals surface area contributed by atoms with E-state index >= 15 is 0 Å². The molecular formula is C41H48F6N4O3. The summed E-state index contributed by atoms with van der Waals surface area (Å²) >= 11 is 0. The van der Waals surface area contributed by atoms with E-state index in [-0.39, 0.29) is 45.9 Å². The van der Waals surface area contributed by atoms with Gasteiger partial charge in [0, 0.05) is 59.0 Å². The number of benzene rings is 3. The number of carbonyl (C=O) groups excluding carboxylic acids is 1. The van der Waals surface area contributed by atoms with Crippen LogP contribution in [0.4, 0.5) is 31.1 Å². The van der Waals surface area contributed by atoms with E-state index in [0.29, 0.717) is 42.0 Å². The van der Waals surface area contributed by atoms with Gasteiger partial charge in [-0.05, 0) is 75.1 Å². The first kappa shape index (κ1) is 42.3. The van der Waals surface area contributed by atoms with E-state index in [1.807, 2.05) is 53.1 Å². The molecule has 54 heavy (non-hydrogen) atoms. The summed E-state index contributed by atoms with van der Waals surface area (Å²) in [5.41, 5.74) is 1.98. The van der Waals surface area contributed by atoms with Gasteiger partial charge < -0.3 is 14.7 Å². The van der Waals surface area contributed by atoms with Crippen LogP contribution in [0.3, 0.4) is 0 Å². The summed E-state index contributed by atoms with van der Waals surface area (Å²) in [6.45, 7) is 9.02. The van der Waals surface area contributed by atoms with Crippen molar-refractivity contribution in [1.29, 1.82) is 0 Å². The SMILES string of the molecule is Cc1cccc(CN(Cc2cccc(C(F)(F)F)c2)Cc2cccc(CN(CCN(CCCO)C(=O)OC(C)(C)C)Cc3cccc(C(F)(F)F)c3)n2)c1. The molecule has 0 fully saturated rings. The molecule has 0 radical (unpaired) electrons. The minimum atomic E-state index is -4.52. The quantitative estimate of drug-likeness (QED) is 0.115. The highest BCUT2D eigenvalue weighted by atomic mass is 19.4. The third kappa shape index (κ3) is 14.1. The van der Waals surface area contributed by atoms with E-state index in [9.17, 15) is 36.2 Å². The summed E-state index contributed by atoms with van der Waals surface area (Å²) in [4.78, 5) is 23.3. The molecule has 0 aliphatic heterocycles. The first-order valence-corrected chi connectivity index (χ1v) is 17.7. The molecule has 7 nitrogen and oxygen atoms in total. The number of halogens is 6. The molecule has 3 aromatic carbocycles. The lowest BCUT2D eigenvalue weighted by Crippen LogP contribution is -2.42. The molecule has 0 aliphatic rings. The van der Waals surface area contributed by atoms with Gasteiger partial charge in [0.2, 0.25) is 0 Å². The number of rotatable bonds is 16. The van der Waals surface area contributed by atoms with Gasteiger partial charge in [0.1, 0.15) is 5.60 Å². The van der Waals surface area contributed by atoms with Gasteiger partial charge in [0.25, 0.3) is 0 Å². The lowest BCUT2D eigenvalue weighted by molar-refractivity contribution is -0.138. The van der Waals surface area contributed by atoms with E-state index < -0.39 is 35.2 Å². The molecule has 13 heteroatoms. The van der Waals surface area contributed by atoms with Gasteiger partial charge in [-0.3, -0.25) is 14.8 Å². The minimum absolute atomic E-state index is 0.118. The number of hydrogen-bond acceptors (Lipinski definition) is 6. The van der Waals surface area contributed by atoms with Crippen LogP contribution in [0, 0.1) is 6.92 Å². The van der Waals surface area contributed by atoms with Crippen molar-refractivity contribution in [3.63, 3.8) is 0 Å². The summed E-state index contributed by atoms with van der Waals surface area (Å²) in [6, 6.07) is 23.7. The Labute approximate surface area is 313 Å². The number of hydrogen-bond donors (Lipinski definition) is 1. The minimum Gasteiger partial charge on any atom is -0.444 e. The monoisotopic (exact) mass is 758 g/mol. The van der Waals surface area contributed by atoms with Crippen LogP contribution in [0.25, 0.3) is 0 Å². The van der Waals surface area contributed by atoms with Crippen LogP contribution in [0.1, 0.15) is 72.0 Å². The Kier molecular flexibility index (Phi) is 14.7. The molecule has 0 saturated heterocycles. The fourth-order valence-electron chi connectivity index (χ4n) is 5.97. The fourth-order valence-corrected chi connectivity index (χ4v) is 5.97. The Morgan fingerprint density at radius 3 is 1.63 bits per heavy atom. The van der Waals surface area contributed by atoms with Crippen molar-refractivity contribution >= 4 is 6.09 Å². The number of amides is 1. The molecule has 0 spiro atoms. The topological polar surface area (TPSA) is 69.1 Å². The van der Waals surface area contributed by atoms with E-state index in [2.05, 4.69) is 0 Å². The highest BCUT2D eigenvalue weighted by molar-refractivity contribution is 5.68. The largest absolute Gasteiger partial charge is 0.444 e. The first-order valence-electron chi connectivity index (χ1n) is 17.7. The van der Waals surface area contributed by atoms with Crippen molar-refractivity contribution in [3.8, 4) is 0 Å². The second-order valence-electron chi connectivity index (χ2n) is 14.4. The second-order valence-corrected chi connectivity index (χ2v) is 14.4. The Balaban J connectivity index is 1.60. The number of aromatic nitrogens is 1. The highest BCUT2D eigenvalue weighted by Gasteiger charge is 2.31. The van der Waals surface area contributed by atoms with Gasteiger partial charge in [0.05, 0.1) is 22.5 Å². The molecular weight excluding hydrogens is 710 g/mol. The molecule has 0 saturated carbocycles. The maximum Gasteiger partial charge on any atom is 0.416 e. The van der Waals surface area contributed by atoms with Crippen LogP contribution in [0.15, 0.2) is 91.0 Å². The van der Waals surface area contributed by atoms with Gasteiger partial charge in [-0.1, -0.05) is 72.3 Å². The number of pyridine rings is 1. The molecule has 1 heterocycles. The number of alkyl halides is 6. The van der Waals surface area contributed by atoms with Gasteiger partial charge in [-0.2, -0.15) is 26.3 Å². The first-order chi connectivity index (χ1) is 25.4. The summed E-state index contributed by atoms with van der Waals surface area (Å²) in [7, 11) is 0. The fraction of sp³-hybridized carbons (Fsp3) is 0.415. The molecule has 4 aromatic rings. The number of aryl methyl sites for hydroxylation is 1. The third-order valence-electron chi connectivity index (χ3n) is 8.37. The number of ether oxygens (including phenoxy) is 1. The summed E-state index contributed by atoms with van der Waals surface area (Å²) in [5, 5.41) is 9.46. The number of nitrogens with zero attached hydrogens (tertiary/aromatic N) is 4. The molecule has 0 unspecified atom stereocenters. The number of aliphatic hydroxyl groups is 1. The Hall–Kier alpha value is -4.46. The molecule has 1 N–H and O–H groups in total. The van der Waals surface area contributed by atoms with Crippen LogP contribution in [0.5, 0.6) is 0 Å². The van der Waals surface area contributed by atoms with E-state index in [4.69, 9.17) is 9.72 Å². The standard InChI is InChI=1S/C41H48F6N4O3/c1-30-10-5-11-31(22-30)26-50(27-33-13-7-15-35(24-33)41(45,46)47)29-37-17-8-16-36(48-37)28-49(25-32-12-6-14-34(23-32)40(42,43)44)19-20-51(18-9-21-52)38(53)54-39(2,3)4/h5-8,10-17,22-24,52H,9,18-21,25-29H2,1-4H3. The predicted octanol–water partition coefficient (Wildman–Crippen LogP) is 9.25. The van der Waals surface area contributed by atoms with Crippen molar-refractivity contribution in [2.75, 3.05) is 26.2 Å². The second kappa shape index (κ2) is 18.7. The smallest absolute Gasteiger partial charge is 0.416 e. The molecule has 0 bridgehead atoms. The molecule has 1 amide bonds. The summed E-state index contributed by atoms with van der Waals surface area (Å²) < 4.78 is 87.0. The zero-order chi connectivity index (χ0) is 39.5. The summed E-state index contributed by atoms with van der Waals surface area (Å²) in [5.74, 6) is 0. The van der Waals surface area contributed by atoms with Crippen LogP contribution in [-0.4, -0.2) is 62.7 Å². The average Bonchev–Trinajstić information content (AvgIpc) is 3.07. The Morgan fingerprint density at radius 2 is 1.13 bits per heavy atom. The summed E-state index contributed by atoms with van der Waals surface area (Å²) in [6.07, 6.45) is -9.25. The van der Waals surface area contributed by atoms with Gasteiger partial charge in [-0.15, -0.1) is 0 Å². The molecule has 1 aromatic heterocycles. The van der Waals surface area contributed by atoms with Crippen LogP contribution >= 0.6 is 0 Å². The maximum absolute atomic E-state index is 13.6. The van der Waals surface area contributed by atoms with Gasteiger partial charge in [0.15, 0.2) is 0 Å². The van der Waals surface area contributed by atoms with E-state index in [1.165, 1.54) is 17.0 Å². The van der Waals surface area contributed by atoms with Crippen LogP contribution < -0.4 is 0 Å². The third-order valence-corrected chi connectivity index (χ3v) is 8.37. The van der Waals surface area contributed by atoms with Crippen molar-refractivity contribution in [2.24, 2.45) is 0 Å². The Bertz CT molecular complexity index is 1810. The van der Waals surface area contributed by atoms with Gasteiger partial charge in [-0.25, -0.2) is 4.79 Å². The van der Waals surface area contributed by atoms with E-state index in [1.54, 1.807) is 39.0 Å². The molecule has 0 aliphatic carbocycles. The maximum atomic E-state index is 13.6. The van der Waals surface area contributed by atoms with Crippen molar-refractivity contribution in [1.82, 2.24) is 19.7 Å². The van der Waals surface area contributed by atoms with Crippen molar-refractivity contribution < 1.29 is 41.0 Å². The average molecular weight is 759 g/mol. The lowest BCUT2D eigenvalue weighted by Gasteiger charge is -2.30. The van der Waals surface area contributed by atoms with Crippen molar-refractivity contribution in [2.45, 2.75) is 84.8 Å². The van der Waals surface area contributed by atoms with E-state index in [0.717, 1.165) is 35.4 Å². The molecule has 0 atom stereocenters.